The van der Waals surface area contributed by atoms with Gasteiger partial charge in [-0.05, 0) is 38.5 Å². The molecule has 0 aliphatic heterocycles. The fourth-order valence-electron chi connectivity index (χ4n) is 1.96. The highest BCUT2D eigenvalue weighted by Crippen LogP contribution is 2.22. The van der Waals surface area contributed by atoms with Gasteiger partial charge < -0.3 is 9.84 Å². The molecule has 1 aromatic heterocycles. The van der Waals surface area contributed by atoms with E-state index in [-0.39, 0.29) is 0 Å². The lowest BCUT2D eigenvalue weighted by Crippen LogP contribution is -2.05. The van der Waals surface area contributed by atoms with Crippen molar-refractivity contribution in [1.29, 1.82) is 0 Å². The Hall–Kier alpha value is -1.82. The summed E-state index contributed by atoms with van der Waals surface area (Å²) in [5.41, 5.74) is 3.62. The molecule has 108 valence electrons. The maximum absolute atomic E-state index is 11.6. The molecule has 0 aliphatic carbocycles. The number of rotatable bonds is 4. The monoisotopic (exact) mass is 294 g/mol. The van der Waals surface area contributed by atoms with Crippen LogP contribution in [0.15, 0.2) is 27.6 Å². The van der Waals surface area contributed by atoms with Gasteiger partial charge >= 0.3 is 0 Å². The van der Waals surface area contributed by atoms with E-state index in [0.29, 0.717) is 11.4 Å². The van der Waals surface area contributed by atoms with Crippen LogP contribution < -0.4 is 5.32 Å². The molecule has 0 radical (unpaired) electrons. The van der Waals surface area contributed by atoms with E-state index in [0.717, 1.165) is 28.3 Å². The van der Waals surface area contributed by atoms with E-state index in [1.54, 1.807) is 18.2 Å². The molecule has 0 unspecified atom stereocenters. The summed E-state index contributed by atoms with van der Waals surface area (Å²) < 4.78 is 28.3. The average molecular weight is 294 g/mol. The molecular weight excluding hydrogens is 276 g/mol. The van der Waals surface area contributed by atoms with Gasteiger partial charge in [0.15, 0.2) is 9.84 Å². The molecule has 0 aliphatic rings. The fourth-order valence-corrected chi connectivity index (χ4v) is 2.61. The predicted molar refractivity (Wildman–Crippen MR) is 77.6 cm³/mol. The molecular formula is C14H18N2O3S. The number of hydrogen-bond donors (Lipinski definition) is 1. The van der Waals surface area contributed by atoms with Crippen LogP contribution in [0, 0.1) is 20.8 Å². The number of hydrogen-bond acceptors (Lipinski definition) is 5. The van der Waals surface area contributed by atoms with Crippen molar-refractivity contribution in [3.05, 3.63) is 40.8 Å². The van der Waals surface area contributed by atoms with Crippen molar-refractivity contribution >= 4 is 15.5 Å². The summed E-state index contributed by atoms with van der Waals surface area (Å²) >= 11 is 0. The molecule has 0 spiro atoms. The topological polar surface area (TPSA) is 72.2 Å². The molecule has 1 heterocycles. The van der Waals surface area contributed by atoms with Crippen LogP contribution in [0.1, 0.15) is 22.6 Å². The molecule has 2 aromatic rings. The summed E-state index contributed by atoms with van der Waals surface area (Å²) in [4.78, 5) is 0.310. The SMILES string of the molecule is Cc1ccc(S(C)(=O)=O)cc1NCc1c(C)noc1C. The Labute approximate surface area is 118 Å². The molecule has 6 heteroatoms. The van der Waals surface area contributed by atoms with E-state index in [2.05, 4.69) is 10.5 Å². The van der Waals surface area contributed by atoms with Crippen molar-refractivity contribution in [2.75, 3.05) is 11.6 Å². The van der Waals surface area contributed by atoms with Gasteiger partial charge in [0.1, 0.15) is 5.76 Å². The maximum Gasteiger partial charge on any atom is 0.175 e. The molecule has 0 saturated heterocycles. The summed E-state index contributed by atoms with van der Waals surface area (Å²) in [5, 5.41) is 7.14. The zero-order valence-electron chi connectivity index (χ0n) is 12.0. The van der Waals surface area contributed by atoms with E-state index < -0.39 is 9.84 Å². The quantitative estimate of drug-likeness (QED) is 0.938. The summed E-state index contributed by atoms with van der Waals surface area (Å²) in [6, 6.07) is 5.07. The van der Waals surface area contributed by atoms with Gasteiger partial charge in [-0.2, -0.15) is 0 Å². The normalized spacial score (nSPS) is 11.6. The Kier molecular flexibility index (Phi) is 3.85. The highest BCUT2D eigenvalue weighted by molar-refractivity contribution is 7.90. The minimum atomic E-state index is -3.20. The van der Waals surface area contributed by atoms with Crippen molar-refractivity contribution < 1.29 is 12.9 Å². The fraction of sp³-hybridized carbons (Fsp3) is 0.357. The van der Waals surface area contributed by atoms with Crippen LogP contribution in [0.2, 0.25) is 0 Å². The Morgan fingerprint density at radius 3 is 2.50 bits per heavy atom. The Bertz CT molecular complexity index is 713. The average Bonchev–Trinajstić information content (AvgIpc) is 2.67. The van der Waals surface area contributed by atoms with Gasteiger partial charge in [-0.3, -0.25) is 0 Å². The van der Waals surface area contributed by atoms with Gasteiger partial charge in [-0.25, -0.2) is 8.42 Å². The second-order valence-corrected chi connectivity index (χ2v) is 6.92. The number of nitrogens with one attached hydrogen (secondary N) is 1. The third-order valence-corrected chi connectivity index (χ3v) is 4.38. The standard InChI is InChI=1S/C14H18N2O3S/c1-9-5-6-12(20(4,17)18)7-14(9)15-8-13-10(2)16-19-11(13)3/h5-7,15H,8H2,1-4H3. The molecule has 1 aromatic carbocycles. The first-order valence-electron chi connectivity index (χ1n) is 6.25. The van der Waals surface area contributed by atoms with E-state index in [1.165, 1.54) is 6.26 Å². The first-order chi connectivity index (χ1) is 9.29. The highest BCUT2D eigenvalue weighted by Gasteiger charge is 2.12. The third kappa shape index (κ3) is 3.01. The number of anilines is 1. The van der Waals surface area contributed by atoms with Gasteiger partial charge in [0.05, 0.1) is 10.6 Å². The second kappa shape index (κ2) is 5.28. The number of benzene rings is 1. The Morgan fingerprint density at radius 1 is 1.25 bits per heavy atom. The molecule has 0 bridgehead atoms. The molecule has 20 heavy (non-hydrogen) atoms. The van der Waals surface area contributed by atoms with Gasteiger partial charge in [0, 0.05) is 24.1 Å². The minimum absolute atomic E-state index is 0.310. The molecule has 2 rings (SSSR count). The summed E-state index contributed by atoms with van der Waals surface area (Å²) in [6.07, 6.45) is 1.20. The summed E-state index contributed by atoms with van der Waals surface area (Å²) in [7, 11) is -3.20. The van der Waals surface area contributed by atoms with Gasteiger partial charge in [0.25, 0.3) is 0 Å². The lowest BCUT2D eigenvalue weighted by Gasteiger charge is -2.11. The van der Waals surface area contributed by atoms with Crippen molar-refractivity contribution in [1.82, 2.24) is 5.16 Å². The Balaban J connectivity index is 2.26. The number of sulfone groups is 1. The van der Waals surface area contributed by atoms with E-state index in [4.69, 9.17) is 4.52 Å². The highest BCUT2D eigenvalue weighted by atomic mass is 32.2. The number of nitrogens with zero attached hydrogens (tertiary/aromatic N) is 1. The van der Waals surface area contributed by atoms with Crippen LogP contribution in [0.5, 0.6) is 0 Å². The van der Waals surface area contributed by atoms with Crippen LogP contribution in [-0.2, 0) is 16.4 Å². The maximum atomic E-state index is 11.6. The summed E-state index contributed by atoms with van der Waals surface area (Å²) in [5.74, 6) is 0.770. The molecule has 1 N–H and O–H groups in total. The zero-order valence-corrected chi connectivity index (χ0v) is 12.8. The summed E-state index contributed by atoms with van der Waals surface area (Å²) in [6.45, 7) is 6.22. The number of aromatic nitrogens is 1. The second-order valence-electron chi connectivity index (χ2n) is 4.91. The first-order valence-corrected chi connectivity index (χ1v) is 8.14. The smallest absolute Gasteiger partial charge is 0.175 e. The van der Waals surface area contributed by atoms with Gasteiger partial charge in [0.2, 0.25) is 0 Å². The zero-order chi connectivity index (χ0) is 14.9. The van der Waals surface area contributed by atoms with Crippen LogP contribution in [-0.4, -0.2) is 19.8 Å². The Morgan fingerprint density at radius 2 is 1.95 bits per heavy atom. The first kappa shape index (κ1) is 14.6. The van der Waals surface area contributed by atoms with Gasteiger partial charge in [-0.1, -0.05) is 11.2 Å². The van der Waals surface area contributed by atoms with Crippen molar-refractivity contribution in [2.24, 2.45) is 0 Å². The van der Waals surface area contributed by atoms with Crippen molar-refractivity contribution in [3.8, 4) is 0 Å². The van der Waals surface area contributed by atoms with Crippen molar-refractivity contribution in [2.45, 2.75) is 32.2 Å². The van der Waals surface area contributed by atoms with Crippen molar-refractivity contribution in [3.63, 3.8) is 0 Å². The van der Waals surface area contributed by atoms with Gasteiger partial charge in [-0.15, -0.1) is 0 Å². The molecule has 0 atom stereocenters. The molecule has 0 saturated carbocycles. The minimum Gasteiger partial charge on any atom is -0.381 e. The lowest BCUT2D eigenvalue weighted by atomic mass is 10.1. The molecule has 5 nitrogen and oxygen atoms in total. The van der Waals surface area contributed by atoms with E-state index in [1.807, 2.05) is 20.8 Å². The van der Waals surface area contributed by atoms with Crippen LogP contribution in [0.4, 0.5) is 5.69 Å². The predicted octanol–water partition coefficient (Wildman–Crippen LogP) is 2.62. The number of aryl methyl sites for hydroxylation is 3. The molecule has 0 fully saturated rings. The van der Waals surface area contributed by atoms with E-state index >= 15 is 0 Å². The van der Waals surface area contributed by atoms with Crippen LogP contribution >= 0.6 is 0 Å². The largest absolute Gasteiger partial charge is 0.381 e. The molecule has 0 amide bonds. The lowest BCUT2D eigenvalue weighted by molar-refractivity contribution is 0.392. The van der Waals surface area contributed by atoms with E-state index in [9.17, 15) is 8.42 Å². The van der Waals surface area contributed by atoms with Crippen LogP contribution in [0.25, 0.3) is 0 Å². The third-order valence-electron chi connectivity index (χ3n) is 3.27. The van der Waals surface area contributed by atoms with Crippen LogP contribution in [0.3, 0.4) is 0 Å².